The minimum atomic E-state index is -0.330. The third-order valence-electron chi connectivity index (χ3n) is 5.26. The average molecular weight is 473 g/mol. The summed E-state index contributed by atoms with van der Waals surface area (Å²) in [5.41, 5.74) is 0.855. The van der Waals surface area contributed by atoms with Gasteiger partial charge in [-0.2, -0.15) is 5.10 Å². The average Bonchev–Trinajstić information content (AvgIpc) is 3.04. The van der Waals surface area contributed by atoms with Crippen molar-refractivity contribution in [2.45, 2.75) is 19.4 Å². The van der Waals surface area contributed by atoms with E-state index >= 15 is 0 Å². The van der Waals surface area contributed by atoms with Crippen LogP contribution >= 0.6 is 15.9 Å². The van der Waals surface area contributed by atoms with Crippen LogP contribution in [0.25, 0.3) is 11.0 Å². The third-order valence-corrected chi connectivity index (χ3v) is 5.82. The number of carbonyl (C=O) groups excluding carboxylic acids is 2. The Kier molecular flexibility index (Phi) is 5.67. The van der Waals surface area contributed by atoms with Gasteiger partial charge in [0.05, 0.1) is 5.92 Å². The number of nitrogens with one attached hydrogen (secondary N) is 1. The van der Waals surface area contributed by atoms with Gasteiger partial charge in [-0.15, -0.1) is 0 Å². The van der Waals surface area contributed by atoms with Crippen molar-refractivity contribution in [1.82, 2.24) is 24.2 Å². The second-order valence-electron chi connectivity index (χ2n) is 7.32. The third kappa shape index (κ3) is 4.00. The van der Waals surface area contributed by atoms with Crippen molar-refractivity contribution in [2.24, 2.45) is 13.0 Å². The molecule has 156 valence electrons. The van der Waals surface area contributed by atoms with Gasteiger partial charge in [-0.25, -0.2) is 9.67 Å². The fourth-order valence-corrected chi connectivity index (χ4v) is 4.26. The van der Waals surface area contributed by atoms with Crippen LogP contribution in [0.1, 0.15) is 12.8 Å². The van der Waals surface area contributed by atoms with E-state index in [-0.39, 0.29) is 29.8 Å². The van der Waals surface area contributed by atoms with E-state index in [1.54, 1.807) is 11.9 Å². The molecule has 1 aliphatic rings. The number of piperidine rings is 1. The molecule has 2 amide bonds. The Labute approximate surface area is 180 Å². The number of hydrogen-bond acceptors (Lipinski definition) is 5. The van der Waals surface area contributed by atoms with Crippen molar-refractivity contribution in [3.05, 3.63) is 51.6 Å². The van der Waals surface area contributed by atoms with Gasteiger partial charge in [0.1, 0.15) is 22.9 Å². The Bertz CT molecular complexity index is 1160. The molecule has 1 saturated heterocycles. The molecule has 3 heterocycles. The van der Waals surface area contributed by atoms with Gasteiger partial charge in [-0.1, -0.05) is 18.2 Å². The molecule has 30 heavy (non-hydrogen) atoms. The molecular formula is C20H21BrN6O3. The highest BCUT2D eigenvalue weighted by atomic mass is 79.9. The van der Waals surface area contributed by atoms with Gasteiger partial charge in [0.25, 0.3) is 5.56 Å². The molecule has 10 heteroatoms. The first-order chi connectivity index (χ1) is 14.4. The number of likely N-dealkylation sites (tertiary alicyclic amines) is 1. The number of para-hydroxylation sites is 1. The molecule has 1 unspecified atom stereocenters. The highest BCUT2D eigenvalue weighted by Crippen LogP contribution is 2.20. The van der Waals surface area contributed by atoms with Gasteiger partial charge in [-0.3, -0.25) is 19.0 Å². The monoisotopic (exact) mass is 472 g/mol. The van der Waals surface area contributed by atoms with Gasteiger partial charge in [0, 0.05) is 25.8 Å². The number of rotatable bonds is 4. The van der Waals surface area contributed by atoms with Gasteiger partial charge in [0.15, 0.2) is 5.65 Å². The van der Waals surface area contributed by atoms with E-state index in [0.29, 0.717) is 28.7 Å². The van der Waals surface area contributed by atoms with Gasteiger partial charge in [-0.05, 0) is 40.9 Å². The quantitative estimate of drug-likeness (QED) is 0.623. The number of benzene rings is 1. The van der Waals surface area contributed by atoms with Crippen LogP contribution in [0.15, 0.2) is 46.1 Å². The molecule has 1 fully saturated rings. The Morgan fingerprint density at radius 1 is 1.27 bits per heavy atom. The maximum Gasteiger partial charge on any atom is 0.266 e. The molecule has 1 atom stereocenters. The zero-order valence-electron chi connectivity index (χ0n) is 16.4. The van der Waals surface area contributed by atoms with Crippen molar-refractivity contribution in [2.75, 3.05) is 18.4 Å². The highest BCUT2D eigenvalue weighted by molar-refractivity contribution is 9.10. The Morgan fingerprint density at radius 2 is 2.03 bits per heavy atom. The molecule has 0 saturated carbocycles. The Hall–Kier alpha value is -3.01. The molecule has 9 nitrogen and oxygen atoms in total. The SMILES string of the molecule is Cn1nc(Br)c2c(=O)n(CC(=O)N3CCCC(C(=O)Nc4ccccc4)C3)cnc21. The number of anilines is 1. The second-order valence-corrected chi connectivity index (χ2v) is 8.08. The second kappa shape index (κ2) is 8.39. The van der Waals surface area contributed by atoms with E-state index in [0.717, 1.165) is 18.5 Å². The zero-order chi connectivity index (χ0) is 21.3. The molecule has 0 bridgehead atoms. The molecular weight excluding hydrogens is 452 g/mol. The summed E-state index contributed by atoms with van der Waals surface area (Å²) in [6.07, 6.45) is 2.82. The normalized spacial score (nSPS) is 16.6. The number of fused-ring (bicyclic) bond motifs is 1. The number of hydrogen-bond donors (Lipinski definition) is 1. The summed E-state index contributed by atoms with van der Waals surface area (Å²) in [5, 5.41) is 7.38. The largest absolute Gasteiger partial charge is 0.340 e. The van der Waals surface area contributed by atoms with E-state index in [1.807, 2.05) is 30.3 Å². The molecule has 2 aromatic heterocycles. The van der Waals surface area contributed by atoms with Gasteiger partial charge >= 0.3 is 0 Å². The Balaban J connectivity index is 1.45. The van der Waals surface area contributed by atoms with Crippen LogP contribution < -0.4 is 10.9 Å². The van der Waals surface area contributed by atoms with Gasteiger partial charge < -0.3 is 10.2 Å². The van der Waals surface area contributed by atoms with Crippen LogP contribution in [0.2, 0.25) is 0 Å². The number of nitrogens with zero attached hydrogens (tertiary/aromatic N) is 5. The molecule has 0 aliphatic carbocycles. The van der Waals surface area contributed by atoms with Crippen molar-refractivity contribution in [3.63, 3.8) is 0 Å². The van der Waals surface area contributed by atoms with Gasteiger partial charge in [0.2, 0.25) is 11.8 Å². The number of aromatic nitrogens is 4. The summed E-state index contributed by atoms with van der Waals surface area (Å²) in [6, 6.07) is 9.26. The molecule has 0 spiro atoms. The van der Waals surface area contributed by atoms with E-state index < -0.39 is 0 Å². The van der Waals surface area contributed by atoms with Crippen molar-refractivity contribution >= 4 is 44.5 Å². The number of amides is 2. The summed E-state index contributed by atoms with van der Waals surface area (Å²) >= 11 is 3.27. The van der Waals surface area contributed by atoms with Crippen LogP contribution in [0.4, 0.5) is 5.69 Å². The fraction of sp³-hybridized carbons (Fsp3) is 0.350. The van der Waals surface area contributed by atoms with Crippen LogP contribution in [-0.4, -0.2) is 49.1 Å². The summed E-state index contributed by atoms with van der Waals surface area (Å²) in [6.45, 7) is 0.767. The van der Waals surface area contributed by atoms with Crippen LogP contribution in [0, 0.1) is 5.92 Å². The predicted molar refractivity (Wildman–Crippen MR) is 115 cm³/mol. The summed E-state index contributed by atoms with van der Waals surface area (Å²) in [7, 11) is 1.70. The van der Waals surface area contributed by atoms with E-state index in [1.165, 1.54) is 15.6 Å². The van der Waals surface area contributed by atoms with Crippen molar-refractivity contribution in [3.8, 4) is 0 Å². The van der Waals surface area contributed by atoms with Crippen molar-refractivity contribution < 1.29 is 9.59 Å². The minimum absolute atomic E-state index is 0.0988. The standard InChI is InChI=1S/C20H21BrN6O3/c1-25-18-16(17(21)24-25)20(30)27(12-22-18)11-15(28)26-9-5-6-13(10-26)19(29)23-14-7-3-2-4-8-14/h2-4,7-8,12-13H,5-6,9-11H2,1H3,(H,23,29). The number of halogens is 1. The molecule has 0 radical (unpaired) electrons. The first kappa shape index (κ1) is 20.3. The fourth-order valence-electron chi connectivity index (χ4n) is 3.68. The first-order valence-electron chi connectivity index (χ1n) is 9.65. The summed E-state index contributed by atoms with van der Waals surface area (Å²) < 4.78 is 3.19. The zero-order valence-corrected chi connectivity index (χ0v) is 18.0. The lowest BCUT2D eigenvalue weighted by atomic mass is 9.97. The molecule has 3 aromatic rings. The topological polar surface area (TPSA) is 102 Å². The van der Waals surface area contributed by atoms with E-state index in [2.05, 4.69) is 31.3 Å². The Morgan fingerprint density at radius 3 is 2.80 bits per heavy atom. The minimum Gasteiger partial charge on any atom is -0.340 e. The number of carbonyl (C=O) groups is 2. The number of aryl methyl sites for hydroxylation is 1. The summed E-state index contributed by atoms with van der Waals surface area (Å²) in [4.78, 5) is 44.1. The maximum absolute atomic E-state index is 12.8. The molecule has 1 aliphatic heterocycles. The molecule has 1 aromatic carbocycles. The summed E-state index contributed by atoms with van der Waals surface area (Å²) in [5.74, 6) is -0.596. The molecule has 1 N–H and O–H groups in total. The van der Waals surface area contributed by atoms with Crippen LogP contribution in [-0.2, 0) is 23.2 Å². The lowest BCUT2D eigenvalue weighted by molar-refractivity contribution is -0.135. The first-order valence-corrected chi connectivity index (χ1v) is 10.4. The molecule has 4 rings (SSSR count). The van der Waals surface area contributed by atoms with Crippen LogP contribution in [0.3, 0.4) is 0 Å². The highest BCUT2D eigenvalue weighted by Gasteiger charge is 2.29. The lowest BCUT2D eigenvalue weighted by Gasteiger charge is -2.32. The van der Waals surface area contributed by atoms with Crippen LogP contribution in [0.5, 0.6) is 0 Å². The lowest BCUT2D eigenvalue weighted by Crippen LogP contribution is -2.45. The van der Waals surface area contributed by atoms with Crippen molar-refractivity contribution in [1.29, 1.82) is 0 Å². The van der Waals surface area contributed by atoms with E-state index in [4.69, 9.17) is 0 Å². The smallest absolute Gasteiger partial charge is 0.266 e. The van der Waals surface area contributed by atoms with E-state index in [9.17, 15) is 14.4 Å². The predicted octanol–water partition coefficient (Wildman–Crippen LogP) is 1.77. The maximum atomic E-state index is 12.8.